The molecular weight excluding hydrogens is 272 g/mol. The number of carbonyl (C=O) groups excluding carboxylic acids is 1. The third kappa shape index (κ3) is 2.71. The lowest BCUT2D eigenvalue weighted by Crippen LogP contribution is -2.26. The van der Waals surface area contributed by atoms with Gasteiger partial charge in [0.15, 0.2) is 5.78 Å². The third-order valence-electron chi connectivity index (χ3n) is 6.24. The molecule has 4 atom stereocenters. The molecule has 0 aromatic heterocycles. The van der Waals surface area contributed by atoms with Crippen LogP contribution in [0.15, 0.2) is 22.8 Å². The van der Waals surface area contributed by atoms with E-state index < -0.39 is 0 Å². The number of epoxide rings is 1. The van der Waals surface area contributed by atoms with Crippen LogP contribution in [0.4, 0.5) is 0 Å². The van der Waals surface area contributed by atoms with Crippen LogP contribution in [0.1, 0.15) is 73.1 Å². The summed E-state index contributed by atoms with van der Waals surface area (Å²) in [6, 6.07) is 0. The number of hydrogen-bond donors (Lipinski definition) is 0. The van der Waals surface area contributed by atoms with Crippen LogP contribution < -0.4 is 0 Å². The molecule has 2 nitrogen and oxygen atoms in total. The number of Topliss-reactive ketones (excluding diaryl/α,β-unsaturated/α-hetero) is 1. The highest BCUT2D eigenvalue weighted by Crippen LogP contribution is 2.56. The van der Waals surface area contributed by atoms with Gasteiger partial charge in [-0.2, -0.15) is 0 Å². The van der Waals surface area contributed by atoms with Gasteiger partial charge in [0.1, 0.15) is 0 Å². The molecule has 0 radical (unpaired) electrons. The predicted octanol–water partition coefficient (Wildman–Crippen LogP) is 4.99. The molecule has 3 aliphatic rings. The van der Waals surface area contributed by atoms with Crippen LogP contribution >= 0.6 is 0 Å². The van der Waals surface area contributed by atoms with Crippen LogP contribution in [0.25, 0.3) is 0 Å². The van der Waals surface area contributed by atoms with E-state index in [9.17, 15) is 4.79 Å². The van der Waals surface area contributed by atoms with E-state index >= 15 is 0 Å². The molecule has 0 aromatic carbocycles. The Balaban J connectivity index is 1.95. The summed E-state index contributed by atoms with van der Waals surface area (Å²) in [7, 11) is 0. The van der Waals surface area contributed by atoms with Gasteiger partial charge in [0.05, 0.1) is 11.7 Å². The van der Waals surface area contributed by atoms with Crippen molar-refractivity contribution in [3.8, 4) is 0 Å². The minimum Gasteiger partial charge on any atom is -0.366 e. The molecule has 2 fully saturated rings. The Labute approximate surface area is 135 Å². The molecule has 0 amide bonds. The van der Waals surface area contributed by atoms with Gasteiger partial charge in [0.2, 0.25) is 0 Å². The highest BCUT2D eigenvalue weighted by atomic mass is 16.6. The molecule has 22 heavy (non-hydrogen) atoms. The molecule has 0 bridgehead atoms. The summed E-state index contributed by atoms with van der Waals surface area (Å²) in [5.41, 5.74) is 3.94. The Morgan fingerprint density at radius 2 is 2.05 bits per heavy atom. The van der Waals surface area contributed by atoms with Gasteiger partial charge in [-0.15, -0.1) is 0 Å². The molecule has 1 heterocycles. The molecule has 2 aliphatic carbocycles. The van der Waals surface area contributed by atoms with Crippen LogP contribution in [0, 0.1) is 11.3 Å². The Morgan fingerprint density at radius 3 is 2.73 bits per heavy atom. The van der Waals surface area contributed by atoms with Crippen molar-refractivity contribution in [2.45, 2.75) is 84.8 Å². The van der Waals surface area contributed by atoms with E-state index in [-0.39, 0.29) is 11.0 Å². The lowest BCUT2D eigenvalue weighted by molar-refractivity contribution is -0.115. The number of ether oxygens (including phenoxy) is 1. The van der Waals surface area contributed by atoms with Gasteiger partial charge in [-0.25, -0.2) is 0 Å². The van der Waals surface area contributed by atoms with E-state index in [0.29, 0.717) is 24.2 Å². The fraction of sp³-hybridized carbons (Fsp3) is 0.750. The number of carbonyl (C=O) groups is 1. The number of hydrogen-bond acceptors (Lipinski definition) is 2. The maximum absolute atomic E-state index is 12.6. The average Bonchev–Trinajstić information content (AvgIpc) is 2.92. The first-order valence-corrected chi connectivity index (χ1v) is 8.79. The Kier molecular flexibility index (Phi) is 3.87. The topological polar surface area (TPSA) is 29.6 Å². The number of ketones is 1. The van der Waals surface area contributed by atoms with Crippen LogP contribution in [-0.4, -0.2) is 17.5 Å². The lowest BCUT2D eigenvalue weighted by Gasteiger charge is -2.31. The molecule has 1 saturated heterocycles. The van der Waals surface area contributed by atoms with Crippen molar-refractivity contribution >= 4 is 5.78 Å². The maximum atomic E-state index is 12.6. The van der Waals surface area contributed by atoms with Gasteiger partial charge in [-0.3, -0.25) is 4.79 Å². The summed E-state index contributed by atoms with van der Waals surface area (Å²) >= 11 is 0. The van der Waals surface area contributed by atoms with E-state index in [1.165, 1.54) is 11.1 Å². The zero-order valence-electron chi connectivity index (χ0n) is 14.8. The maximum Gasteiger partial charge on any atom is 0.159 e. The molecule has 0 spiro atoms. The Bertz CT molecular complexity index is 552. The van der Waals surface area contributed by atoms with Gasteiger partial charge in [0.25, 0.3) is 0 Å². The second-order valence-corrected chi connectivity index (χ2v) is 8.47. The fourth-order valence-corrected chi connectivity index (χ4v) is 4.73. The lowest BCUT2D eigenvalue weighted by atomic mass is 9.71. The summed E-state index contributed by atoms with van der Waals surface area (Å²) in [5.74, 6) is 0.786. The molecule has 1 aliphatic heterocycles. The average molecular weight is 302 g/mol. The van der Waals surface area contributed by atoms with E-state index in [4.69, 9.17) is 4.74 Å². The van der Waals surface area contributed by atoms with Gasteiger partial charge < -0.3 is 4.74 Å². The summed E-state index contributed by atoms with van der Waals surface area (Å²) in [5, 5.41) is 0. The molecule has 1 saturated carbocycles. The van der Waals surface area contributed by atoms with Crippen molar-refractivity contribution in [3.63, 3.8) is 0 Å². The van der Waals surface area contributed by atoms with Crippen molar-refractivity contribution in [2.75, 3.05) is 0 Å². The minimum atomic E-state index is 0.0471. The molecule has 3 rings (SSSR count). The first-order chi connectivity index (χ1) is 10.3. The number of allylic oxidation sites excluding steroid dienone is 4. The summed E-state index contributed by atoms with van der Waals surface area (Å²) in [6.07, 6.45) is 8.92. The first-order valence-electron chi connectivity index (χ1n) is 8.79. The normalized spacial score (nSPS) is 42.1. The van der Waals surface area contributed by atoms with E-state index in [1.54, 1.807) is 0 Å². The van der Waals surface area contributed by atoms with Crippen LogP contribution in [0.5, 0.6) is 0 Å². The molecule has 4 unspecified atom stereocenters. The van der Waals surface area contributed by atoms with E-state index in [1.807, 2.05) is 0 Å². The van der Waals surface area contributed by atoms with E-state index in [2.05, 4.69) is 40.7 Å². The monoisotopic (exact) mass is 302 g/mol. The van der Waals surface area contributed by atoms with Gasteiger partial charge in [0, 0.05) is 6.42 Å². The molecule has 122 valence electrons. The van der Waals surface area contributed by atoms with Crippen molar-refractivity contribution in [3.05, 3.63) is 22.8 Å². The zero-order valence-corrected chi connectivity index (χ0v) is 14.8. The molecule has 0 N–H and O–H groups in total. The smallest absolute Gasteiger partial charge is 0.159 e. The van der Waals surface area contributed by atoms with Crippen molar-refractivity contribution < 1.29 is 9.53 Å². The summed E-state index contributed by atoms with van der Waals surface area (Å²) < 4.78 is 6.06. The minimum absolute atomic E-state index is 0.0471. The second kappa shape index (κ2) is 5.33. The summed E-state index contributed by atoms with van der Waals surface area (Å²) in [6.45, 7) is 11.0. The quantitative estimate of drug-likeness (QED) is 0.358. The highest BCUT2D eigenvalue weighted by Gasteiger charge is 2.57. The predicted molar refractivity (Wildman–Crippen MR) is 89.7 cm³/mol. The van der Waals surface area contributed by atoms with Gasteiger partial charge in [-0.05, 0) is 76.7 Å². The van der Waals surface area contributed by atoms with Crippen molar-refractivity contribution in [1.29, 1.82) is 0 Å². The SMILES string of the molecule is CC1=CCCC2(C)OC2CC2(C)CC(=O)C(=C(C)C)C2CC1. The van der Waals surface area contributed by atoms with Gasteiger partial charge in [-0.1, -0.05) is 24.1 Å². The Hall–Kier alpha value is -0.890. The number of fused-ring (bicyclic) bond motifs is 2. The van der Waals surface area contributed by atoms with Crippen LogP contribution in [0.2, 0.25) is 0 Å². The largest absolute Gasteiger partial charge is 0.366 e. The van der Waals surface area contributed by atoms with Gasteiger partial charge >= 0.3 is 0 Å². The first kappa shape index (κ1) is 16.0. The molecule has 0 aromatic rings. The number of rotatable bonds is 0. The fourth-order valence-electron chi connectivity index (χ4n) is 4.73. The molecular formula is C20H30O2. The van der Waals surface area contributed by atoms with E-state index in [0.717, 1.165) is 37.7 Å². The second-order valence-electron chi connectivity index (χ2n) is 8.47. The Morgan fingerprint density at radius 1 is 1.32 bits per heavy atom. The zero-order chi connectivity index (χ0) is 16.1. The highest BCUT2D eigenvalue weighted by molar-refractivity contribution is 5.99. The van der Waals surface area contributed by atoms with Crippen LogP contribution in [0.3, 0.4) is 0 Å². The standard InChI is InChI=1S/C20H30O2/c1-13(2)18-15-9-8-14(3)7-6-10-20(5)17(22-20)12-19(15,4)11-16(18)21/h7,15,17H,6,8-12H2,1-5H3. The van der Waals surface area contributed by atoms with Crippen molar-refractivity contribution in [1.82, 2.24) is 0 Å². The summed E-state index contributed by atoms with van der Waals surface area (Å²) in [4.78, 5) is 12.6. The van der Waals surface area contributed by atoms with Crippen molar-refractivity contribution in [2.24, 2.45) is 11.3 Å². The third-order valence-corrected chi connectivity index (χ3v) is 6.24. The molecule has 2 heteroatoms. The van der Waals surface area contributed by atoms with Crippen LogP contribution in [-0.2, 0) is 9.53 Å².